The van der Waals surface area contributed by atoms with Gasteiger partial charge in [0, 0.05) is 6.92 Å². The van der Waals surface area contributed by atoms with Crippen LogP contribution in [0.2, 0.25) is 0 Å². The Bertz CT molecular complexity index is 965. The van der Waals surface area contributed by atoms with E-state index in [4.69, 9.17) is 14.2 Å². The monoisotopic (exact) mass is 369 g/mol. The number of cyclic esters (lactones) is 1. The molecule has 0 radical (unpaired) electrons. The molecule has 138 valence electrons. The van der Waals surface area contributed by atoms with Gasteiger partial charge in [0.15, 0.2) is 17.2 Å². The van der Waals surface area contributed by atoms with Gasteiger partial charge in [-0.2, -0.15) is 0 Å². The summed E-state index contributed by atoms with van der Waals surface area (Å²) >= 11 is 0. The summed E-state index contributed by atoms with van der Waals surface area (Å²) in [6.45, 7) is 3.45. The van der Waals surface area contributed by atoms with Crippen molar-refractivity contribution in [2.75, 3.05) is 6.61 Å². The quantitative estimate of drug-likeness (QED) is 0.458. The van der Waals surface area contributed by atoms with Crippen LogP contribution in [0.5, 0.6) is 11.5 Å². The largest absolute Gasteiger partial charge is 0.490 e. The van der Waals surface area contributed by atoms with Crippen molar-refractivity contribution in [1.82, 2.24) is 0 Å². The van der Waals surface area contributed by atoms with Crippen molar-refractivity contribution in [2.24, 2.45) is 4.99 Å². The van der Waals surface area contributed by atoms with Crippen LogP contribution in [0.15, 0.2) is 53.2 Å². The number of benzene rings is 2. The molecule has 0 spiro atoms. The Morgan fingerprint density at radius 2 is 2.00 bits per heavy atom. The normalized spacial score (nSPS) is 14.7. The van der Waals surface area contributed by atoms with E-state index in [9.17, 15) is 14.0 Å². The van der Waals surface area contributed by atoms with Crippen LogP contribution >= 0.6 is 0 Å². The lowest BCUT2D eigenvalue weighted by molar-refractivity contribution is -0.132. The number of hydrogen-bond acceptors (Lipinski definition) is 6. The van der Waals surface area contributed by atoms with Crippen molar-refractivity contribution in [1.29, 1.82) is 0 Å². The first-order valence-corrected chi connectivity index (χ1v) is 8.20. The number of rotatable bonds is 5. The third-order valence-electron chi connectivity index (χ3n) is 3.55. The van der Waals surface area contributed by atoms with E-state index >= 15 is 0 Å². The van der Waals surface area contributed by atoms with Gasteiger partial charge in [-0.05, 0) is 42.8 Å². The summed E-state index contributed by atoms with van der Waals surface area (Å²) in [6.07, 6.45) is 1.48. The highest BCUT2D eigenvalue weighted by molar-refractivity contribution is 6.12. The van der Waals surface area contributed by atoms with Gasteiger partial charge in [-0.25, -0.2) is 14.2 Å². The molecule has 1 aliphatic rings. The lowest BCUT2D eigenvalue weighted by Crippen LogP contribution is -2.07. The predicted molar refractivity (Wildman–Crippen MR) is 95.9 cm³/mol. The van der Waals surface area contributed by atoms with Crippen molar-refractivity contribution < 1.29 is 28.2 Å². The third kappa shape index (κ3) is 4.20. The molecule has 0 saturated carbocycles. The van der Waals surface area contributed by atoms with E-state index in [-0.39, 0.29) is 22.9 Å². The first kappa shape index (κ1) is 18.3. The van der Waals surface area contributed by atoms with Crippen LogP contribution in [0.25, 0.3) is 6.08 Å². The predicted octanol–water partition coefficient (Wildman–Crippen LogP) is 3.49. The van der Waals surface area contributed by atoms with Gasteiger partial charge in [0.1, 0.15) is 5.82 Å². The standard InChI is InChI=1S/C20H16FNO5/c1-3-25-18-11-13(8-9-17(18)26-12(2)23)10-16-20(24)27-19(22-16)14-6-4-5-7-15(14)21/h4-11H,3H2,1-2H3. The van der Waals surface area contributed by atoms with Gasteiger partial charge in [-0.3, -0.25) is 4.79 Å². The topological polar surface area (TPSA) is 74.2 Å². The van der Waals surface area contributed by atoms with E-state index < -0.39 is 17.8 Å². The molecule has 1 aliphatic heterocycles. The molecule has 0 saturated heterocycles. The van der Waals surface area contributed by atoms with Gasteiger partial charge in [-0.1, -0.05) is 18.2 Å². The van der Waals surface area contributed by atoms with E-state index in [0.717, 1.165) is 0 Å². The zero-order chi connectivity index (χ0) is 19.4. The average molecular weight is 369 g/mol. The lowest BCUT2D eigenvalue weighted by Gasteiger charge is -2.10. The number of halogens is 1. The number of esters is 2. The SMILES string of the molecule is CCOc1cc(C=C2N=C(c3ccccc3F)OC2=O)ccc1OC(C)=O. The molecule has 6 nitrogen and oxygen atoms in total. The van der Waals surface area contributed by atoms with E-state index in [1.807, 2.05) is 0 Å². The first-order valence-electron chi connectivity index (χ1n) is 8.20. The van der Waals surface area contributed by atoms with Crippen molar-refractivity contribution in [2.45, 2.75) is 13.8 Å². The van der Waals surface area contributed by atoms with Crippen molar-refractivity contribution in [3.05, 3.63) is 65.1 Å². The van der Waals surface area contributed by atoms with Gasteiger partial charge < -0.3 is 14.2 Å². The molecule has 0 bridgehead atoms. The van der Waals surface area contributed by atoms with Crippen molar-refractivity contribution in [3.63, 3.8) is 0 Å². The second-order valence-electron chi connectivity index (χ2n) is 5.55. The van der Waals surface area contributed by atoms with Crippen LogP contribution in [0, 0.1) is 5.82 Å². The van der Waals surface area contributed by atoms with Gasteiger partial charge in [0.05, 0.1) is 12.2 Å². The Balaban J connectivity index is 1.93. The molecule has 27 heavy (non-hydrogen) atoms. The number of carbonyl (C=O) groups is 2. The number of ether oxygens (including phenoxy) is 3. The van der Waals surface area contributed by atoms with Crippen LogP contribution in [-0.4, -0.2) is 24.4 Å². The lowest BCUT2D eigenvalue weighted by atomic mass is 10.1. The van der Waals surface area contributed by atoms with E-state index in [1.54, 1.807) is 31.2 Å². The fourth-order valence-corrected chi connectivity index (χ4v) is 2.44. The number of nitrogens with zero attached hydrogens (tertiary/aromatic N) is 1. The Labute approximate surface area is 154 Å². The molecule has 3 rings (SSSR count). The Hall–Kier alpha value is -3.48. The van der Waals surface area contributed by atoms with Crippen LogP contribution < -0.4 is 9.47 Å². The Kier molecular flexibility index (Phi) is 5.30. The summed E-state index contributed by atoms with van der Waals surface area (Å²) in [4.78, 5) is 27.3. The third-order valence-corrected chi connectivity index (χ3v) is 3.55. The highest BCUT2D eigenvalue weighted by Crippen LogP contribution is 2.30. The van der Waals surface area contributed by atoms with Crippen molar-refractivity contribution >= 4 is 23.9 Å². The van der Waals surface area contributed by atoms with Crippen LogP contribution in [-0.2, 0) is 14.3 Å². The van der Waals surface area contributed by atoms with Crippen LogP contribution in [0.1, 0.15) is 25.0 Å². The molecule has 0 atom stereocenters. The summed E-state index contributed by atoms with van der Waals surface area (Å²) in [5, 5.41) is 0. The summed E-state index contributed by atoms with van der Waals surface area (Å²) in [7, 11) is 0. The Morgan fingerprint density at radius 1 is 1.22 bits per heavy atom. The molecule has 0 N–H and O–H groups in total. The molecular weight excluding hydrogens is 353 g/mol. The summed E-state index contributed by atoms with van der Waals surface area (Å²) < 4.78 is 29.5. The van der Waals surface area contributed by atoms with Gasteiger partial charge in [0.2, 0.25) is 5.90 Å². The van der Waals surface area contributed by atoms with E-state index in [2.05, 4.69) is 4.99 Å². The maximum absolute atomic E-state index is 13.9. The van der Waals surface area contributed by atoms with E-state index in [1.165, 1.54) is 31.2 Å². The smallest absolute Gasteiger partial charge is 0.363 e. The summed E-state index contributed by atoms with van der Waals surface area (Å²) in [5.74, 6) is -1.15. The molecular formula is C20H16FNO5. The zero-order valence-corrected chi connectivity index (χ0v) is 14.7. The minimum absolute atomic E-state index is 0.0240. The van der Waals surface area contributed by atoms with Gasteiger partial charge in [0.25, 0.3) is 0 Å². The maximum atomic E-state index is 13.9. The fourth-order valence-electron chi connectivity index (χ4n) is 2.44. The highest BCUT2D eigenvalue weighted by atomic mass is 19.1. The van der Waals surface area contributed by atoms with E-state index in [0.29, 0.717) is 17.9 Å². The molecule has 2 aromatic carbocycles. The molecule has 0 aromatic heterocycles. The fraction of sp³-hybridized carbons (Fsp3) is 0.150. The minimum atomic E-state index is -0.685. The maximum Gasteiger partial charge on any atom is 0.363 e. The summed E-state index contributed by atoms with van der Waals surface area (Å²) in [5.41, 5.74) is 0.713. The molecule has 0 unspecified atom stereocenters. The minimum Gasteiger partial charge on any atom is -0.490 e. The molecule has 0 fully saturated rings. The highest BCUT2D eigenvalue weighted by Gasteiger charge is 2.26. The van der Waals surface area contributed by atoms with Gasteiger partial charge in [-0.15, -0.1) is 0 Å². The zero-order valence-electron chi connectivity index (χ0n) is 14.7. The summed E-state index contributed by atoms with van der Waals surface area (Å²) in [6, 6.07) is 10.7. The van der Waals surface area contributed by atoms with Crippen molar-refractivity contribution in [3.8, 4) is 11.5 Å². The molecule has 1 heterocycles. The second kappa shape index (κ2) is 7.82. The van der Waals surface area contributed by atoms with Crippen LogP contribution in [0.4, 0.5) is 4.39 Å². The second-order valence-corrected chi connectivity index (χ2v) is 5.55. The molecule has 2 aromatic rings. The first-order chi connectivity index (χ1) is 13.0. The van der Waals surface area contributed by atoms with Crippen LogP contribution in [0.3, 0.4) is 0 Å². The number of carbonyl (C=O) groups excluding carboxylic acids is 2. The van der Waals surface area contributed by atoms with Gasteiger partial charge >= 0.3 is 11.9 Å². The average Bonchev–Trinajstić information content (AvgIpc) is 2.98. The number of hydrogen-bond donors (Lipinski definition) is 0. The molecule has 0 aliphatic carbocycles. The molecule has 0 amide bonds. The Morgan fingerprint density at radius 3 is 2.70 bits per heavy atom. The number of aliphatic imine (C=N–C) groups is 1. The molecule has 7 heteroatoms.